The lowest BCUT2D eigenvalue weighted by atomic mass is 10.0. The molecular formula is C17H21N7O. The van der Waals surface area contributed by atoms with E-state index in [1.807, 2.05) is 40.6 Å². The van der Waals surface area contributed by atoms with Crippen LogP contribution in [0.15, 0.2) is 43.2 Å². The van der Waals surface area contributed by atoms with Crippen LogP contribution in [0.4, 0.5) is 5.82 Å². The number of nitrogens with one attached hydrogen (secondary N) is 1. The Bertz CT molecular complexity index is 829. The van der Waals surface area contributed by atoms with Crippen LogP contribution in [0.5, 0.6) is 0 Å². The Morgan fingerprint density at radius 2 is 2.20 bits per heavy atom. The average Bonchev–Trinajstić information content (AvgIpc) is 3.34. The molecule has 0 aromatic carbocycles. The summed E-state index contributed by atoms with van der Waals surface area (Å²) in [5, 5.41) is 21.9. The lowest BCUT2D eigenvalue weighted by molar-refractivity contribution is 0.137. The molecule has 3 aromatic heterocycles. The van der Waals surface area contributed by atoms with E-state index in [2.05, 4.69) is 25.5 Å². The molecule has 0 bridgehead atoms. The molecule has 1 fully saturated rings. The second kappa shape index (κ2) is 6.64. The van der Waals surface area contributed by atoms with Crippen LogP contribution >= 0.6 is 0 Å². The fraction of sp³-hybridized carbons (Fsp3) is 0.412. The number of hydrogen-bond acceptors (Lipinski definition) is 6. The third-order valence-electron chi connectivity index (χ3n) is 4.82. The number of aromatic nitrogens is 6. The summed E-state index contributed by atoms with van der Waals surface area (Å²) in [4.78, 5) is 8.63. The largest absolute Gasteiger partial charge is 0.393 e. The van der Waals surface area contributed by atoms with Crippen molar-refractivity contribution in [3.8, 4) is 5.82 Å². The standard InChI is InChI=1S/C17H21N7O/c1-23-11-20-22-17(23)12-7-13(14(25)8-12)9-19-15-3-2-4-16(21-15)24-6-5-18-10-24/h2-6,10-14,25H,7-9H2,1H3,(H,19,21)/t12-,13+,14+/m0/s1. The molecule has 8 heteroatoms. The predicted octanol–water partition coefficient (Wildman–Crippen LogP) is 1.36. The number of aliphatic hydroxyl groups excluding tert-OH is 1. The molecular weight excluding hydrogens is 318 g/mol. The van der Waals surface area contributed by atoms with Crippen molar-refractivity contribution in [1.29, 1.82) is 0 Å². The van der Waals surface area contributed by atoms with Gasteiger partial charge in [0, 0.05) is 37.8 Å². The van der Waals surface area contributed by atoms with Gasteiger partial charge in [0.05, 0.1) is 6.10 Å². The monoisotopic (exact) mass is 339 g/mol. The number of anilines is 1. The summed E-state index contributed by atoms with van der Waals surface area (Å²) in [7, 11) is 1.94. The molecule has 0 unspecified atom stereocenters. The summed E-state index contributed by atoms with van der Waals surface area (Å²) in [5.74, 6) is 2.97. The minimum Gasteiger partial charge on any atom is -0.393 e. The minimum atomic E-state index is -0.342. The molecule has 3 heterocycles. The zero-order chi connectivity index (χ0) is 17.2. The smallest absolute Gasteiger partial charge is 0.140 e. The fourth-order valence-corrected chi connectivity index (χ4v) is 3.49. The fourth-order valence-electron chi connectivity index (χ4n) is 3.49. The van der Waals surface area contributed by atoms with Gasteiger partial charge in [-0.2, -0.15) is 0 Å². The van der Waals surface area contributed by atoms with Crippen molar-refractivity contribution in [2.24, 2.45) is 13.0 Å². The van der Waals surface area contributed by atoms with Gasteiger partial charge in [-0.15, -0.1) is 10.2 Å². The molecule has 1 aliphatic rings. The maximum Gasteiger partial charge on any atom is 0.140 e. The first-order valence-electron chi connectivity index (χ1n) is 8.42. The number of imidazole rings is 1. The third-order valence-corrected chi connectivity index (χ3v) is 4.82. The highest BCUT2D eigenvalue weighted by molar-refractivity contribution is 5.39. The normalized spacial score (nSPS) is 23.0. The third kappa shape index (κ3) is 3.25. The van der Waals surface area contributed by atoms with Crippen LogP contribution < -0.4 is 5.32 Å². The zero-order valence-electron chi connectivity index (χ0n) is 14.0. The van der Waals surface area contributed by atoms with Crippen LogP contribution in [0.3, 0.4) is 0 Å². The van der Waals surface area contributed by atoms with Crippen molar-refractivity contribution in [1.82, 2.24) is 29.3 Å². The van der Waals surface area contributed by atoms with Crippen LogP contribution in [0, 0.1) is 5.92 Å². The van der Waals surface area contributed by atoms with Crippen LogP contribution in [0.2, 0.25) is 0 Å². The van der Waals surface area contributed by atoms with Crippen LogP contribution in [-0.2, 0) is 7.05 Å². The molecule has 4 rings (SSSR count). The summed E-state index contributed by atoms with van der Waals surface area (Å²) < 4.78 is 3.79. The van der Waals surface area contributed by atoms with E-state index in [0.717, 1.165) is 30.3 Å². The molecule has 1 saturated carbocycles. The molecule has 3 aromatic rings. The highest BCUT2D eigenvalue weighted by Crippen LogP contribution is 2.37. The van der Waals surface area contributed by atoms with Crippen LogP contribution in [-0.4, -0.2) is 47.1 Å². The van der Waals surface area contributed by atoms with Gasteiger partial charge in [-0.25, -0.2) is 9.97 Å². The molecule has 2 N–H and O–H groups in total. The van der Waals surface area contributed by atoms with Gasteiger partial charge in [0.1, 0.15) is 30.1 Å². The minimum absolute atomic E-state index is 0.167. The first kappa shape index (κ1) is 15.8. The maximum atomic E-state index is 10.4. The topological polar surface area (TPSA) is 93.7 Å². The molecule has 0 aliphatic heterocycles. The first-order chi connectivity index (χ1) is 12.2. The van der Waals surface area contributed by atoms with Crippen LogP contribution in [0.25, 0.3) is 5.82 Å². The summed E-state index contributed by atoms with van der Waals surface area (Å²) in [6, 6.07) is 5.82. The second-order valence-electron chi connectivity index (χ2n) is 6.53. The molecule has 1 aliphatic carbocycles. The number of aliphatic hydroxyl groups is 1. The SMILES string of the molecule is Cn1cnnc1[C@H]1C[C@H](CNc2cccc(-n3ccnc3)n2)[C@H](O)C1. The molecule has 3 atom stereocenters. The van der Waals surface area contributed by atoms with Crippen molar-refractivity contribution in [3.63, 3.8) is 0 Å². The van der Waals surface area contributed by atoms with Gasteiger partial charge >= 0.3 is 0 Å². The summed E-state index contributed by atoms with van der Waals surface area (Å²) in [6.07, 6.45) is 8.29. The van der Waals surface area contributed by atoms with Crippen molar-refractivity contribution in [2.45, 2.75) is 24.9 Å². The molecule has 25 heavy (non-hydrogen) atoms. The van der Waals surface area contributed by atoms with E-state index >= 15 is 0 Å². The van der Waals surface area contributed by atoms with Gasteiger partial charge in [-0.1, -0.05) is 6.07 Å². The number of rotatable bonds is 5. The predicted molar refractivity (Wildman–Crippen MR) is 92.3 cm³/mol. The van der Waals surface area contributed by atoms with E-state index < -0.39 is 0 Å². The van der Waals surface area contributed by atoms with E-state index in [-0.39, 0.29) is 17.9 Å². The van der Waals surface area contributed by atoms with Crippen molar-refractivity contribution in [3.05, 3.63) is 49.1 Å². The lowest BCUT2D eigenvalue weighted by Crippen LogP contribution is -2.22. The first-order valence-corrected chi connectivity index (χ1v) is 8.42. The van der Waals surface area contributed by atoms with Gasteiger partial charge in [-0.05, 0) is 25.0 Å². The van der Waals surface area contributed by atoms with Gasteiger partial charge < -0.3 is 15.0 Å². The number of hydrogen-bond donors (Lipinski definition) is 2. The van der Waals surface area contributed by atoms with Gasteiger partial charge in [0.15, 0.2) is 0 Å². The van der Waals surface area contributed by atoms with Gasteiger partial charge in [0.25, 0.3) is 0 Å². The second-order valence-corrected chi connectivity index (χ2v) is 6.53. The number of aryl methyl sites for hydroxylation is 1. The van der Waals surface area contributed by atoms with Gasteiger partial charge in [0.2, 0.25) is 0 Å². The Hall–Kier alpha value is -2.74. The summed E-state index contributed by atoms with van der Waals surface area (Å²) in [5.41, 5.74) is 0. The van der Waals surface area contributed by atoms with Crippen molar-refractivity contribution in [2.75, 3.05) is 11.9 Å². The molecule has 0 saturated heterocycles. The number of pyridine rings is 1. The van der Waals surface area contributed by atoms with Crippen molar-refractivity contribution >= 4 is 5.82 Å². The summed E-state index contributed by atoms with van der Waals surface area (Å²) in [6.45, 7) is 0.676. The molecule has 8 nitrogen and oxygen atoms in total. The summed E-state index contributed by atoms with van der Waals surface area (Å²) >= 11 is 0. The van der Waals surface area contributed by atoms with E-state index in [4.69, 9.17) is 0 Å². The highest BCUT2D eigenvalue weighted by atomic mass is 16.3. The van der Waals surface area contributed by atoms with E-state index in [0.29, 0.717) is 6.54 Å². The Morgan fingerprint density at radius 3 is 2.96 bits per heavy atom. The zero-order valence-corrected chi connectivity index (χ0v) is 14.0. The van der Waals surface area contributed by atoms with E-state index in [1.54, 1.807) is 18.9 Å². The maximum absolute atomic E-state index is 10.4. The highest BCUT2D eigenvalue weighted by Gasteiger charge is 2.35. The lowest BCUT2D eigenvalue weighted by Gasteiger charge is -2.16. The Kier molecular flexibility index (Phi) is 4.19. The number of nitrogens with zero attached hydrogens (tertiary/aromatic N) is 6. The molecule has 0 amide bonds. The Labute approximate surface area is 145 Å². The average molecular weight is 339 g/mol. The molecule has 130 valence electrons. The van der Waals surface area contributed by atoms with E-state index in [1.165, 1.54) is 0 Å². The van der Waals surface area contributed by atoms with Crippen molar-refractivity contribution < 1.29 is 5.11 Å². The van der Waals surface area contributed by atoms with Gasteiger partial charge in [-0.3, -0.25) is 4.57 Å². The molecule has 0 radical (unpaired) electrons. The van der Waals surface area contributed by atoms with E-state index in [9.17, 15) is 5.11 Å². The Balaban J connectivity index is 1.40. The molecule has 0 spiro atoms. The Morgan fingerprint density at radius 1 is 1.28 bits per heavy atom. The van der Waals surface area contributed by atoms with Crippen LogP contribution in [0.1, 0.15) is 24.6 Å². The quantitative estimate of drug-likeness (QED) is 0.729.